The van der Waals surface area contributed by atoms with Crippen molar-refractivity contribution in [3.63, 3.8) is 0 Å². The van der Waals surface area contributed by atoms with Crippen molar-refractivity contribution in [3.8, 4) is 0 Å². The van der Waals surface area contributed by atoms with Gasteiger partial charge in [-0.2, -0.15) is 0 Å². The standard InChI is InChI=1S/C13H17NO3/c15-12(10-5-6-10)8-14-7-9-1-3-11(4-2-9)13(16)17/h1-4,10,12,14-15H,5-8H2,(H,16,17). The van der Waals surface area contributed by atoms with Crippen molar-refractivity contribution < 1.29 is 15.0 Å². The van der Waals surface area contributed by atoms with E-state index in [9.17, 15) is 9.90 Å². The Labute approximate surface area is 100 Å². The van der Waals surface area contributed by atoms with Gasteiger partial charge in [0.25, 0.3) is 0 Å². The van der Waals surface area contributed by atoms with E-state index in [2.05, 4.69) is 5.32 Å². The lowest BCUT2D eigenvalue weighted by Crippen LogP contribution is -2.27. The van der Waals surface area contributed by atoms with Crippen molar-refractivity contribution in [3.05, 3.63) is 35.4 Å². The second-order valence-corrected chi connectivity index (χ2v) is 4.54. The molecule has 1 aliphatic rings. The molecule has 1 unspecified atom stereocenters. The fourth-order valence-electron chi connectivity index (χ4n) is 1.78. The summed E-state index contributed by atoms with van der Waals surface area (Å²) in [6, 6.07) is 6.77. The summed E-state index contributed by atoms with van der Waals surface area (Å²) < 4.78 is 0. The average Bonchev–Trinajstić information content (AvgIpc) is 3.13. The van der Waals surface area contributed by atoms with Crippen LogP contribution in [0.25, 0.3) is 0 Å². The molecule has 1 saturated carbocycles. The van der Waals surface area contributed by atoms with Gasteiger partial charge in [0.15, 0.2) is 0 Å². The first kappa shape index (κ1) is 12.1. The maximum Gasteiger partial charge on any atom is 0.335 e. The second kappa shape index (κ2) is 5.29. The van der Waals surface area contributed by atoms with Crippen LogP contribution in [0.2, 0.25) is 0 Å². The molecule has 0 heterocycles. The number of nitrogens with one attached hydrogen (secondary N) is 1. The van der Waals surface area contributed by atoms with Crippen LogP contribution in [-0.4, -0.2) is 28.8 Å². The molecule has 4 heteroatoms. The topological polar surface area (TPSA) is 69.6 Å². The third-order valence-electron chi connectivity index (χ3n) is 3.05. The van der Waals surface area contributed by atoms with E-state index in [4.69, 9.17) is 5.11 Å². The Hall–Kier alpha value is -1.39. The molecule has 0 aliphatic heterocycles. The Bertz CT molecular complexity index is 384. The largest absolute Gasteiger partial charge is 0.478 e. The van der Waals surface area contributed by atoms with E-state index in [1.54, 1.807) is 24.3 Å². The van der Waals surface area contributed by atoms with Gasteiger partial charge in [-0.3, -0.25) is 0 Å². The SMILES string of the molecule is O=C(O)c1ccc(CNCC(O)C2CC2)cc1. The number of hydrogen-bond acceptors (Lipinski definition) is 3. The number of benzene rings is 1. The van der Waals surface area contributed by atoms with Crippen molar-refractivity contribution in [2.45, 2.75) is 25.5 Å². The van der Waals surface area contributed by atoms with Crippen molar-refractivity contribution in [2.75, 3.05) is 6.54 Å². The van der Waals surface area contributed by atoms with Crippen LogP contribution >= 0.6 is 0 Å². The number of carbonyl (C=O) groups is 1. The highest BCUT2D eigenvalue weighted by Crippen LogP contribution is 2.32. The van der Waals surface area contributed by atoms with Gasteiger partial charge in [-0.25, -0.2) is 4.79 Å². The van der Waals surface area contributed by atoms with Crippen LogP contribution < -0.4 is 5.32 Å². The first-order valence-electron chi connectivity index (χ1n) is 5.88. The van der Waals surface area contributed by atoms with E-state index in [1.165, 1.54) is 0 Å². The Morgan fingerprint density at radius 2 is 2.00 bits per heavy atom. The summed E-state index contributed by atoms with van der Waals surface area (Å²) in [6.45, 7) is 1.26. The van der Waals surface area contributed by atoms with Crippen LogP contribution in [0.3, 0.4) is 0 Å². The van der Waals surface area contributed by atoms with E-state index in [0.717, 1.165) is 18.4 Å². The second-order valence-electron chi connectivity index (χ2n) is 4.54. The van der Waals surface area contributed by atoms with Gasteiger partial charge in [-0.1, -0.05) is 12.1 Å². The van der Waals surface area contributed by atoms with E-state index < -0.39 is 5.97 Å². The molecule has 0 radical (unpaired) electrons. The molecule has 1 aromatic rings. The Kier molecular flexibility index (Phi) is 3.76. The first-order chi connectivity index (χ1) is 8.16. The fourth-order valence-corrected chi connectivity index (χ4v) is 1.78. The minimum absolute atomic E-state index is 0.242. The number of aliphatic hydroxyl groups excluding tert-OH is 1. The Morgan fingerprint density at radius 1 is 1.35 bits per heavy atom. The van der Waals surface area contributed by atoms with Gasteiger partial charge in [0, 0.05) is 13.1 Å². The molecule has 1 atom stereocenters. The zero-order chi connectivity index (χ0) is 12.3. The third kappa shape index (κ3) is 3.54. The van der Waals surface area contributed by atoms with Gasteiger partial charge in [-0.05, 0) is 36.5 Å². The van der Waals surface area contributed by atoms with Gasteiger partial charge >= 0.3 is 5.97 Å². The number of carboxylic acids is 1. The summed E-state index contributed by atoms with van der Waals surface area (Å²) in [7, 11) is 0. The predicted molar refractivity (Wildman–Crippen MR) is 63.8 cm³/mol. The molecule has 17 heavy (non-hydrogen) atoms. The summed E-state index contributed by atoms with van der Waals surface area (Å²) in [5.74, 6) is -0.425. The molecule has 0 amide bonds. The summed E-state index contributed by atoms with van der Waals surface area (Å²) in [5, 5.41) is 21.6. The van der Waals surface area contributed by atoms with Gasteiger partial charge in [0.1, 0.15) is 0 Å². The molecular weight excluding hydrogens is 218 g/mol. The smallest absolute Gasteiger partial charge is 0.335 e. The highest BCUT2D eigenvalue weighted by atomic mass is 16.4. The van der Waals surface area contributed by atoms with Crippen LogP contribution in [0.5, 0.6) is 0 Å². The quantitative estimate of drug-likeness (QED) is 0.694. The predicted octanol–water partition coefficient (Wildman–Crippen LogP) is 1.25. The maximum atomic E-state index is 10.6. The first-order valence-corrected chi connectivity index (χ1v) is 5.88. The van der Waals surface area contributed by atoms with Crippen LogP contribution in [-0.2, 0) is 6.54 Å². The molecule has 1 aliphatic carbocycles. The Morgan fingerprint density at radius 3 is 2.53 bits per heavy atom. The summed E-state index contributed by atoms with van der Waals surface area (Å²) >= 11 is 0. The molecule has 2 rings (SSSR count). The lowest BCUT2D eigenvalue weighted by atomic mass is 10.1. The molecule has 3 N–H and O–H groups in total. The van der Waals surface area contributed by atoms with Crippen molar-refractivity contribution in [2.24, 2.45) is 5.92 Å². The molecule has 1 aromatic carbocycles. The highest BCUT2D eigenvalue weighted by Gasteiger charge is 2.28. The summed E-state index contributed by atoms with van der Waals surface area (Å²) in [5.41, 5.74) is 1.32. The molecule has 0 bridgehead atoms. The molecule has 0 spiro atoms. The number of aliphatic hydroxyl groups is 1. The number of aromatic carboxylic acids is 1. The Balaban J connectivity index is 1.76. The van der Waals surface area contributed by atoms with Crippen molar-refractivity contribution in [1.29, 1.82) is 0 Å². The summed E-state index contributed by atoms with van der Waals surface area (Å²) in [4.78, 5) is 10.6. The van der Waals surface area contributed by atoms with E-state index in [-0.39, 0.29) is 6.10 Å². The van der Waals surface area contributed by atoms with Crippen molar-refractivity contribution >= 4 is 5.97 Å². The van der Waals surface area contributed by atoms with Gasteiger partial charge in [-0.15, -0.1) is 0 Å². The molecule has 4 nitrogen and oxygen atoms in total. The minimum atomic E-state index is -0.909. The van der Waals surface area contributed by atoms with E-state index >= 15 is 0 Å². The lowest BCUT2D eigenvalue weighted by molar-refractivity contribution is 0.0697. The summed E-state index contributed by atoms with van der Waals surface area (Å²) in [6.07, 6.45) is 2.03. The molecule has 1 fully saturated rings. The minimum Gasteiger partial charge on any atom is -0.478 e. The average molecular weight is 235 g/mol. The van der Waals surface area contributed by atoms with Gasteiger partial charge < -0.3 is 15.5 Å². The highest BCUT2D eigenvalue weighted by molar-refractivity contribution is 5.87. The van der Waals surface area contributed by atoms with Gasteiger partial charge in [0.05, 0.1) is 11.7 Å². The van der Waals surface area contributed by atoms with E-state index in [0.29, 0.717) is 24.6 Å². The maximum absolute atomic E-state index is 10.6. The van der Waals surface area contributed by atoms with Crippen LogP contribution in [0.1, 0.15) is 28.8 Å². The fraction of sp³-hybridized carbons (Fsp3) is 0.462. The van der Waals surface area contributed by atoms with E-state index in [1.807, 2.05) is 0 Å². The number of rotatable bonds is 6. The third-order valence-corrected chi connectivity index (χ3v) is 3.05. The molecule has 0 saturated heterocycles. The number of hydrogen-bond donors (Lipinski definition) is 3. The van der Waals surface area contributed by atoms with Crippen LogP contribution in [0, 0.1) is 5.92 Å². The zero-order valence-corrected chi connectivity index (χ0v) is 9.60. The monoisotopic (exact) mass is 235 g/mol. The van der Waals surface area contributed by atoms with Gasteiger partial charge in [0.2, 0.25) is 0 Å². The molecular formula is C13H17NO3. The molecule has 92 valence electrons. The van der Waals surface area contributed by atoms with Crippen molar-refractivity contribution in [1.82, 2.24) is 5.32 Å². The molecule has 0 aromatic heterocycles. The number of carboxylic acid groups (broad SMARTS) is 1. The normalized spacial score (nSPS) is 16.8. The van der Waals surface area contributed by atoms with Crippen LogP contribution in [0.4, 0.5) is 0 Å². The van der Waals surface area contributed by atoms with Crippen LogP contribution in [0.15, 0.2) is 24.3 Å². The zero-order valence-electron chi connectivity index (χ0n) is 9.60. The lowest BCUT2D eigenvalue weighted by Gasteiger charge is -2.10.